The van der Waals surface area contributed by atoms with Gasteiger partial charge in [0.25, 0.3) is 0 Å². The second-order valence-electron chi connectivity index (χ2n) is 4.15. The molecule has 0 unspecified atom stereocenters. The summed E-state index contributed by atoms with van der Waals surface area (Å²) in [5, 5.41) is 1.02. The Bertz CT molecular complexity index is 551. The number of nitrogens with zero attached hydrogens (tertiary/aromatic N) is 1. The standard InChI is InChI=1S/C13H13NO2/c1-8-3-4-10-11(14-8)5-6-12-13(10)16-9(2)7-15-12/h3-6,9H,7H2,1-2H3/t9-/m0/s1. The Kier molecular flexibility index (Phi) is 1.99. The van der Waals surface area contributed by atoms with Crippen LogP contribution in [0, 0.1) is 6.92 Å². The van der Waals surface area contributed by atoms with E-state index in [0.717, 1.165) is 28.1 Å². The van der Waals surface area contributed by atoms with Gasteiger partial charge < -0.3 is 9.47 Å². The molecule has 1 atom stereocenters. The Morgan fingerprint density at radius 2 is 2.12 bits per heavy atom. The summed E-state index contributed by atoms with van der Waals surface area (Å²) in [5.74, 6) is 1.64. The zero-order valence-corrected chi connectivity index (χ0v) is 9.36. The van der Waals surface area contributed by atoms with Crippen molar-refractivity contribution in [2.45, 2.75) is 20.0 Å². The maximum atomic E-state index is 5.82. The topological polar surface area (TPSA) is 31.4 Å². The van der Waals surface area contributed by atoms with Crippen LogP contribution in [0.4, 0.5) is 0 Å². The third kappa shape index (κ3) is 1.40. The van der Waals surface area contributed by atoms with Crippen LogP contribution in [0.15, 0.2) is 24.3 Å². The van der Waals surface area contributed by atoms with Crippen LogP contribution in [-0.4, -0.2) is 17.7 Å². The molecule has 1 aliphatic heterocycles. The lowest BCUT2D eigenvalue weighted by Crippen LogP contribution is -2.25. The summed E-state index contributed by atoms with van der Waals surface area (Å²) in [5.41, 5.74) is 1.97. The van der Waals surface area contributed by atoms with Gasteiger partial charge in [-0.1, -0.05) is 0 Å². The third-order valence-electron chi connectivity index (χ3n) is 2.72. The van der Waals surface area contributed by atoms with Gasteiger partial charge >= 0.3 is 0 Å². The SMILES string of the molecule is Cc1ccc2c3c(ccc2n1)OC[C@H](C)O3. The first-order chi connectivity index (χ1) is 7.74. The summed E-state index contributed by atoms with van der Waals surface area (Å²) in [6, 6.07) is 7.93. The normalized spacial score (nSPS) is 18.8. The molecular formula is C13H13NO2. The van der Waals surface area contributed by atoms with Gasteiger partial charge in [0.15, 0.2) is 11.5 Å². The molecule has 16 heavy (non-hydrogen) atoms. The van der Waals surface area contributed by atoms with Crippen molar-refractivity contribution >= 4 is 10.9 Å². The molecule has 0 radical (unpaired) electrons. The van der Waals surface area contributed by atoms with Crippen LogP contribution >= 0.6 is 0 Å². The van der Waals surface area contributed by atoms with Crippen LogP contribution < -0.4 is 9.47 Å². The number of pyridine rings is 1. The minimum Gasteiger partial charge on any atom is -0.486 e. The van der Waals surface area contributed by atoms with Gasteiger partial charge in [-0.25, -0.2) is 0 Å². The van der Waals surface area contributed by atoms with E-state index in [2.05, 4.69) is 4.98 Å². The second-order valence-corrected chi connectivity index (χ2v) is 4.15. The predicted octanol–water partition coefficient (Wildman–Crippen LogP) is 2.70. The number of rotatable bonds is 0. The van der Waals surface area contributed by atoms with E-state index in [9.17, 15) is 0 Å². The molecule has 2 heterocycles. The first-order valence-corrected chi connectivity index (χ1v) is 5.44. The fourth-order valence-corrected chi connectivity index (χ4v) is 1.94. The minimum atomic E-state index is 0.0967. The Morgan fingerprint density at radius 1 is 1.25 bits per heavy atom. The summed E-state index contributed by atoms with van der Waals surface area (Å²) in [6.45, 7) is 4.60. The van der Waals surface area contributed by atoms with Gasteiger partial charge in [0.1, 0.15) is 12.7 Å². The number of hydrogen-bond acceptors (Lipinski definition) is 3. The van der Waals surface area contributed by atoms with Crippen molar-refractivity contribution in [1.29, 1.82) is 0 Å². The zero-order valence-electron chi connectivity index (χ0n) is 9.36. The lowest BCUT2D eigenvalue weighted by Gasteiger charge is -2.24. The first kappa shape index (κ1) is 9.46. The molecule has 1 aromatic carbocycles. The van der Waals surface area contributed by atoms with Crippen LogP contribution in [-0.2, 0) is 0 Å². The highest BCUT2D eigenvalue weighted by molar-refractivity contribution is 5.88. The van der Waals surface area contributed by atoms with Crippen molar-refractivity contribution in [3.05, 3.63) is 30.0 Å². The van der Waals surface area contributed by atoms with Crippen molar-refractivity contribution < 1.29 is 9.47 Å². The van der Waals surface area contributed by atoms with E-state index in [1.807, 2.05) is 38.1 Å². The summed E-state index contributed by atoms with van der Waals surface area (Å²) < 4.78 is 11.4. The van der Waals surface area contributed by atoms with Gasteiger partial charge in [-0.05, 0) is 38.1 Å². The van der Waals surface area contributed by atoms with Gasteiger partial charge in [0.05, 0.1) is 5.52 Å². The molecule has 2 aromatic rings. The summed E-state index contributed by atoms with van der Waals surface area (Å²) in [4.78, 5) is 4.47. The second kappa shape index (κ2) is 3.37. The largest absolute Gasteiger partial charge is 0.486 e. The third-order valence-corrected chi connectivity index (χ3v) is 2.72. The smallest absolute Gasteiger partial charge is 0.171 e. The van der Waals surface area contributed by atoms with E-state index in [4.69, 9.17) is 9.47 Å². The highest BCUT2D eigenvalue weighted by Crippen LogP contribution is 2.38. The molecule has 0 amide bonds. The molecule has 3 heteroatoms. The van der Waals surface area contributed by atoms with Gasteiger partial charge in [0.2, 0.25) is 0 Å². The highest BCUT2D eigenvalue weighted by Gasteiger charge is 2.19. The van der Waals surface area contributed by atoms with Crippen molar-refractivity contribution in [3.63, 3.8) is 0 Å². The fourth-order valence-electron chi connectivity index (χ4n) is 1.94. The Morgan fingerprint density at radius 3 is 3.00 bits per heavy atom. The number of aromatic nitrogens is 1. The van der Waals surface area contributed by atoms with Gasteiger partial charge in [-0.15, -0.1) is 0 Å². The van der Waals surface area contributed by atoms with Gasteiger partial charge in [0, 0.05) is 11.1 Å². The lowest BCUT2D eigenvalue weighted by molar-refractivity contribution is 0.106. The molecule has 3 nitrogen and oxygen atoms in total. The van der Waals surface area contributed by atoms with Crippen molar-refractivity contribution in [2.24, 2.45) is 0 Å². The van der Waals surface area contributed by atoms with Crippen molar-refractivity contribution in [2.75, 3.05) is 6.61 Å². The molecule has 0 saturated heterocycles. The van der Waals surface area contributed by atoms with Crippen LogP contribution in [0.3, 0.4) is 0 Å². The maximum absolute atomic E-state index is 5.82. The highest BCUT2D eigenvalue weighted by atomic mass is 16.6. The average molecular weight is 215 g/mol. The number of aryl methyl sites for hydroxylation is 1. The van der Waals surface area contributed by atoms with Crippen molar-refractivity contribution in [1.82, 2.24) is 4.98 Å². The lowest BCUT2D eigenvalue weighted by atomic mass is 10.1. The van der Waals surface area contributed by atoms with E-state index in [1.54, 1.807) is 0 Å². The van der Waals surface area contributed by atoms with Crippen LogP contribution in [0.2, 0.25) is 0 Å². The van der Waals surface area contributed by atoms with E-state index in [-0.39, 0.29) is 6.10 Å². The number of hydrogen-bond donors (Lipinski definition) is 0. The number of ether oxygens (including phenoxy) is 2. The summed E-state index contributed by atoms with van der Waals surface area (Å²) in [6.07, 6.45) is 0.0967. The molecule has 0 bridgehead atoms. The molecule has 0 aliphatic carbocycles. The van der Waals surface area contributed by atoms with Crippen molar-refractivity contribution in [3.8, 4) is 11.5 Å². The number of fused-ring (bicyclic) bond motifs is 3. The molecule has 1 aromatic heterocycles. The summed E-state index contributed by atoms with van der Waals surface area (Å²) >= 11 is 0. The quantitative estimate of drug-likeness (QED) is 0.677. The molecule has 82 valence electrons. The van der Waals surface area contributed by atoms with Gasteiger partial charge in [-0.2, -0.15) is 0 Å². The average Bonchev–Trinajstić information content (AvgIpc) is 2.28. The molecular weight excluding hydrogens is 202 g/mol. The molecule has 0 saturated carbocycles. The summed E-state index contributed by atoms with van der Waals surface area (Å²) in [7, 11) is 0. The first-order valence-electron chi connectivity index (χ1n) is 5.44. The van der Waals surface area contributed by atoms with Crippen LogP contribution in [0.5, 0.6) is 11.5 Å². The fraction of sp³-hybridized carbons (Fsp3) is 0.308. The van der Waals surface area contributed by atoms with Gasteiger partial charge in [-0.3, -0.25) is 4.98 Å². The molecule has 3 rings (SSSR count). The Labute approximate surface area is 94.0 Å². The molecule has 0 fully saturated rings. The minimum absolute atomic E-state index is 0.0967. The van der Waals surface area contributed by atoms with Crippen LogP contribution in [0.1, 0.15) is 12.6 Å². The molecule has 0 spiro atoms. The number of benzene rings is 1. The monoisotopic (exact) mass is 215 g/mol. The van der Waals surface area contributed by atoms with Crippen LogP contribution in [0.25, 0.3) is 10.9 Å². The molecule has 0 N–H and O–H groups in total. The zero-order chi connectivity index (χ0) is 11.1. The Hall–Kier alpha value is -1.77. The maximum Gasteiger partial charge on any atom is 0.171 e. The van der Waals surface area contributed by atoms with E-state index < -0.39 is 0 Å². The molecule has 1 aliphatic rings. The van der Waals surface area contributed by atoms with E-state index >= 15 is 0 Å². The predicted molar refractivity (Wildman–Crippen MR) is 62.1 cm³/mol. The Balaban J connectivity index is 2.26. The van der Waals surface area contributed by atoms with E-state index in [0.29, 0.717) is 6.61 Å². The van der Waals surface area contributed by atoms with E-state index in [1.165, 1.54) is 0 Å².